The Kier molecular flexibility index (Phi) is 3.69. The van der Waals surface area contributed by atoms with Gasteiger partial charge >= 0.3 is 0 Å². The zero-order chi connectivity index (χ0) is 14.2. The normalized spacial score (nSPS) is 20.9. The number of ether oxygens (including phenoxy) is 2. The number of methoxy groups -OCH3 is 2. The highest BCUT2D eigenvalue weighted by molar-refractivity contribution is 5.81. The Balaban J connectivity index is 2.38. The lowest BCUT2D eigenvalue weighted by molar-refractivity contribution is -0.133. The van der Waals surface area contributed by atoms with Crippen molar-refractivity contribution in [3.8, 4) is 11.5 Å². The average molecular weight is 263 g/mol. The summed E-state index contributed by atoms with van der Waals surface area (Å²) in [7, 11) is 6.87. The molecule has 1 aliphatic carbocycles. The van der Waals surface area contributed by atoms with Crippen molar-refractivity contribution in [1.29, 1.82) is 0 Å². The molecule has 0 heterocycles. The first-order valence-electron chi connectivity index (χ1n) is 6.45. The van der Waals surface area contributed by atoms with Crippen LogP contribution in [0.25, 0.3) is 0 Å². The quantitative estimate of drug-likeness (QED) is 0.838. The second-order valence-electron chi connectivity index (χ2n) is 5.24. The fourth-order valence-electron chi connectivity index (χ4n) is 2.80. The molecule has 19 heavy (non-hydrogen) atoms. The molecule has 0 fully saturated rings. The second-order valence-corrected chi connectivity index (χ2v) is 5.24. The smallest absolute Gasteiger partial charge is 0.226 e. The minimum atomic E-state index is 0.0156. The highest BCUT2D eigenvalue weighted by Crippen LogP contribution is 2.43. The van der Waals surface area contributed by atoms with Gasteiger partial charge < -0.3 is 14.4 Å². The molecule has 0 aromatic heterocycles. The molecule has 104 valence electrons. The third-order valence-electron chi connectivity index (χ3n) is 3.94. The molecule has 4 nitrogen and oxygen atoms in total. The number of nitrogens with zero attached hydrogens (tertiary/aromatic N) is 1. The lowest BCUT2D eigenvalue weighted by Gasteiger charge is -2.19. The van der Waals surface area contributed by atoms with Gasteiger partial charge in [-0.25, -0.2) is 0 Å². The van der Waals surface area contributed by atoms with Gasteiger partial charge in [-0.05, 0) is 35.6 Å². The van der Waals surface area contributed by atoms with Gasteiger partial charge in [-0.1, -0.05) is 6.92 Å². The fraction of sp³-hybridized carbons (Fsp3) is 0.533. The number of hydrogen-bond acceptors (Lipinski definition) is 3. The summed E-state index contributed by atoms with van der Waals surface area (Å²) in [5.41, 5.74) is 2.38. The molecule has 1 aromatic rings. The topological polar surface area (TPSA) is 38.8 Å². The minimum Gasteiger partial charge on any atom is -0.493 e. The third kappa shape index (κ3) is 2.27. The first-order valence-corrected chi connectivity index (χ1v) is 6.45. The van der Waals surface area contributed by atoms with Crippen molar-refractivity contribution >= 4 is 5.91 Å². The lowest BCUT2D eigenvalue weighted by Crippen LogP contribution is -2.31. The van der Waals surface area contributed by atoms with Crippen LogP contribution in [-0.4, -0.2) is 39.1 Å². The Labute approximate surface area is 114 Å². The van der Waals surface area contributed by atoms with E-state index >= 15 is 0 Å². The van der Waals surface area contributed by atoms with Gasteiger partial charge in [-0.3, -0.25) is 4.79 Å². The lowest BCUT2D eigenvalue weighted by atomic mass is 9.93. The third-order valence-corrected chi connectivity index (χ3v) is 3.94. The first-order chi connectivity index (χ1) is 8.99. The standard InChI is InChI=1S/C15H21NO3/c1-9-11-8-14(19-5)13(18-4)7-10(11)6-12(9)15(17)16(2)3/h7-9,12H,6H2,1-5H3/t9-,12-/m0/s1. The second kappa shape index (κ2) is 5.11. The zero-order valence-corrected chi connectivity index (χ0v) is 12.2. The predicted molar refractivity (Wildman–Crippen MR) is 73.8 cm³/mol. The zero-order valence-electron chi connectivity index (χ0n) is 12.2. The number of benzene rings is 1. The molecule has 0 bridgehead atoms. The Morgan fingerprint density at radius 1 is 1.21 bits per heavy atom. The van der Waals surface area contributed by atoms with Gasteiger partial charge in [0.25, 0.3) is 0 Å². The fourth-order valence-corrected chi connectivity index (χ4v) is 2.80. The molecule has 0 N–H and O–H groups in total. The summed E-state index contributed by atoms with van der Waals surface area (Å²) in [5.74, 6) is 1.87. The molecule has 0 aliphatic heterocycles. The van der Waals surface area contributed by atoms with Crippen LogP contribution >= 0.6 is 0 Å². The van der Waals surface area contributed by atoms with Crippen molar-refractivity contribution in [1.82, 2.24) is 4.90 Å². The molecule has 1 amide bonds. The number of carbonyl (C=O) groups is 1. The summed E-state index contributed by atoms with van der Waals surface area (Å²) in [6.07, 6.45) is 0.772. The van der Waals surface area contributed by atoms with Gasteiger partial charge in [-0.15, -0.1) is 0 Å². The molecule has 0 spiro atoms. The van der Waals surface area contributed by atoms with Crippen molar-refractivity contribution < 1.29 is 14.3 Å². The molecular formula is C15H21NO3. The average Bonchev–Trinajstić information content (AvgIpc) is 2.72. The van der Waals surface area contributed by atoms with E-state index in [0.29, 0.717) is 0 Å². The Hall–Kier alpha value is -1.71. The van der Waals surface area contributed by atoms with Crippen LogP contribution in [0.1, 0.15) is 24.0 Å². The molecule has 2 atom stereocenters. The summed E-state index contributed by atoms with van der Waals surface area (Å²) >= 11 is 0. The highest BCUT2D eigenvalue weighted by atomic mass is 16.5. The first kappa shape index (κ1) is 13.7. The largest absolute Gasteiger partial charge is 0.493 e. The van der Waals surface area contributed by atoms with Crippen molar-refractivity contribution in [2.75, 3.05) is 28.3 Å². The number of amides is 1. The van der Waals surface area contributed by atoms with Crippen molar-refractivity contribution in [2.24, 2.45) is 5.92 Å². The molecule has 0 unspecified atom stereocenters. The van der Waals surface area contributed by atoms with Gasteiger partial charge in [0.15, 0.2) is 11.5 Å². The van der Waals surface area contributed by atoms with Crippen LogP contribution in [-0.2, 0) is 11.2 Å². The maximum atomic E-state index is 12.2. The molecule has 0 radical (unpaired) electrons. The van der Waals surface area contributed by atoms with Gasteiger partial charge in [0.2, 0.25) is 5.91 Å². The minimum absolute atomic E-state index is 0.0156. The van der Waals surface area contributed by atoms with Crippen LogP contribution in [0.3, 0.4) is 0 Å². The van der Waals surface area contributed by atoms with Crippen LogP contribution in [0.2, 0.25) is 0 Å². The van der Waals surface area contributed by atoms with Gasteiger partial charge in [0, 0.05) is 20.0 Å². The van der Waals surface area contributed by atoms with E-state index in [2.05, 4.69) is 6.92 Å². The Morgan fingerprint density at radius 2 is 1.79 bits per heavy atom. The van der Waals surface area contributed by atoms with E-state index < -0.39 is 0 Å². The van der Waals surface area contributed by atoms with E-state index in [0.717, 1.165) is 17.9 Å². The summed E-state index contributed by atoms with van der Waals surface area (Å²) in [6.45, 7) is 2.10. The molecule has 0 saturated carbocycles. The molecule has 0 saturated heterocycles. The maximum Gasteiger partial charge on any atom is 0.226 e. The van der Waals surface area contributed by atoms with E-state index in [9.17, 15) is 4.79 Å². The van der Waals surface area contributed by atoms with Gasteiger partial charge in [-0.2, -0.15) is 0 Å². The predicted octanol–water partition coefficient (Wildman–Crippen LogP) is 2.07. The van der Waals surface area contributed by atoms with Crippen LogP contribution in [0.15, 0.2) is 12.1 Å². The summed E-state index contributed by atoms with van der Waals surface area (Å²) in [5, 5.41) is 0. The molecule has 1 aliphatic rings. The van der Waals surface area contributed by atoms with E-state index in [4.69, 9.17) is 9.47 Å². The monoisotopic (exact) mass is 263 g/mol. The van der Waals surface area contributed by atoms with Crippen molar-refractivity contribution in [3.63, 3.8) is 0 Å². The molecule has 4 heteroatoms. The van der Waals surface area contributed by atoms with Crippen LogP contribution < -0.4 is 9.47 Å². The van der Waals surface area contributed by atoms with E-state index in [-0.39, 0.29) is 17.7 Å². The van der Waals surface area contributed by atoms with E-state index in [1.807, 2.05) is 12.1 Å². The van der Waals surface area contributed by atoms with E-state index in [1.165, 1.54) is 11.1 Å². The van der Waals surface area contributed by atoms with Gasteiger partial charge in [0.05, 0.1) is 14.2 Å². The Bertz CT molecular complexity index is 496. The highest BCUT2D eigenvalue weighted by Gasteiger charge is 2.36. The number of hydrogen-bond donors (Lipinski definition) is 0. The molecule has 2 rings (SSSR count). The summed E-state index contributed by atoms with van der Waals surface area (Å²) < 4.78 is 10.7. The number of carbonyl (C=O) groups excluding carboxylic acids is 1. The van der Waals surface area contributed by atoms with Crippen LogP contribution in [0.5, 0.6) is 11.5 Å². The maximum absolute atomic E-state index is 12.2. The van der Waals surface area contributed by atoms with Crippen LogP contribution in [0, 0.1) is 5.92 Å². The van der Waals surface area contributed by atoms with Crippen molar-refractivity contribution in [2.45, 2.75) is 19.3 Å². The van der Waals surface area contributed by atoms with E-state index in [1.54, 1.807) is 33.2 Å². The van der Waals surface area contributed by atoms with Crippen LogP contribution in [0.4, 0.5) is 0 Å². The molecule has 1 aromatic carbocycles. The van der Waals surface area contributed by atoms with Gasteiger partial charge in [0.1, 0.15) is 0 Å². The summed E-state index contributed by atoms with van der Waals surface area (Å²) in [4.78, 5) is 13.9. The van der Waals surface area contributed by atoms with Crippen molar-refractivity contribution in [3.05, 3.63) is 23.3 Å². The number of rotatable bonds is 3. The Morgan fingerprint density at radius 3 is 2.32 bits per heavy atom. The number of fused-ring (bicyclic) bond motifs is 1. The molecular weight excluding hydrogens is 242 g/mol. The summed E-state index contributed by atoms with van der Waals surface area (Å²) in [6, 6.07) is 4.00. The SMILES string of the molecule is COc1cc2c(cc1OC)[C@H](C)[C@@H](C(=O)N(C)C)C2.